The topological polar surface area (TPSA) is 63.6 Å². The lowest BCUT2D eigenvalue weighted by Gasteiger charge is -2.63. The van der Waals surface area contributed by atoms with Crippen LogP contribution in [0.1, 0.15) is 66.2 Å². The van der Waals surface area contributed by atoms with E-state index in [1.807, 2.05) is 6.08 Å². The van der Waals surface area contributed by atoms with E-state index in [-0.39, 0.29) is 41.0 Å². The lowest BCUT2D eigenvalue weighted by Crippen LogP contribution is -2.65. The fourth-order valence-corrected chi connectivity index (χ4v) is 8.09. The van der Waals surface area contributed by atoms with E-state index in [4.69, 9.17) is 27.9 Å². The molecule has 0 amide bonds. The zero-order valence-corrected chi connectivity index (χ0v) is 19.7. The summed E-state index contributed by atoms with van der Waals surface area (Å²) in [7, 11) is 0. The first-order chi connectivity index (χ1) is 13.8. The second kappa shape index (κ2) is 7.08. The maximum Gasteiger partial charge on any atom is 0.308 e. The Labute approximate surface area is 189 Å². The summed E-state index contributed by atoms with van der Waals surface area (Å²) in [6.45, 7) is 7.53. The smallest absolute Gasteiger partial charge is 0.308 e. The highest BCUT2D eigenvalue weighted by molar-refractivity contribution is 6.34. The van der Waals surface area contributed by atoms with E-state index in [9.17, 15) is 14.7 Å². The van der Waals surface area contributed by atoms with Crippen molar-refractivity contribution in [3.63, 3.8) is 0 Å². The maximum absolute atomic E-state index is 12.4. The van der Waals surface area contributed by atoms with Crippen molar-refractivity contribution < 1.29 is 19.4 Å². The molecule has 0 aliphatic heterocycles. The summed E-state index contributed by atoms with van der Waals surface area (Å²) in [5.41, 5.74) is -0.693. The van der Waals surface area contributed by atoms with Crippen molar-refractivity contribution in [1.82, 2.24) is 0 Å². The summed E-state index contributed by atoms with van der Waals surface area (Å²) in [6.07, 6.45) is 9.22. The maximum atomic E-state index is 12.4. The molecule has 4 nitrogen and oxygen atoms in total. The lowest BCUT2D eigenvalue weighted by atomic mass is 9.47. The summed E-state index contributed by atoms with van der Waals surface area (Å²) < 4.78 is 5.90. The number of hydrogen-bond donors (Lipinski definition) is 1. The highest BCUT2D eigenvalue weighted by Gasteiger charge is 2.69. The molecule has 166 valence electrons. The minimum Gasteiger partial charge on any atom is -0.462 e. The van der Waals surface area contributed by atoms with Crippen LogP contribution in [0.3, 0.4) is 0 Å². The highest BCUT2D eigenvalue weighted by Crippen LogP contribution is 2.69. The first-order valence-corrected chi connectivity index (χ1v) is 11.8. The van der Waals surface area contributed by atoms with Gasteiger partial charge in [-0.05, 0) is 69.9 Å². The Morgan fingerprint density at radius 3 is 2.63 bits per heavy atom. The van der Waals surface area contributed by atoms with Gasteiger partial charge in [0, 0.05) is 10.8 Å². The van der Waals surface area contributed by atoms with Crippen molar-refractivity contribution in [1.29, 1.82) is 0 Å². The molecule has 30 heavy (non-hydrogen) atoms. The molecule has 3 saturated carbocycles. The van der Waals surface area contributed by atoms with Crippen LogP contribution in [0.5, 0.6) is 0 Å². The van der Waals surface area contributed by atoms with Crippen LogP contribution >= 0.6 is 23.2 Å². The first kappa shape index (κ1) is 22.4. The van der Waals surface area contributed by atoms with Crippen LogP contribution in [0.4, 0.5) is 0 Å². The van der Waals surface area contributed by atoms with Crippen LogP contribution in [0.2, 0.25) is 0 Å². The van der Waals surface area contributed by atoms with Gasteiger partial charge in [-0.15, -0.1) is 23.2 Å². The van der Waals surface area contributed by atoms with E-state index in [0.717, 1.165) is 31.3 Å². The summed E-state index contributed by atoms with van der Waals surface area (Å²) in [4.78, 5) is 23.7. The lowest BCUT2D eigenvalue weighted by molar-refractivity contribution is -0.162. The van der Waals surface area contributed by atoms with Gasteiger partial charge in [0.15, 0.2) is 5.78 Å². The Morgan fingerprint density at radius 2 is 1.97 bits per heavy atom. The van der Waals surface area contributed by atoms with Crippen molar-refractivity contribution in [2.45, 2.75) is 88.2 Å². The van der Waals surface area contributed by atoms with Crippen LogP contribution < -0.4 is 0 Å². The summed E-state index contributed by atoms with van der Waals surface area (Å²) >= 11 is 14.6. The Kier molecular flexibility index (Phi) is 5.28. The number of fused-ring (bicyclic) bond motifs is 5. The minimum atomic E-state index is -1.09. The fourth-order valence-electron chi connectivity index (χ4n) is 6.84. The van der Waals surface area contributed by atoms with Gasteiger partial charge in [0.25, 0.3) is 0 Å². The molecule has 0 unspecified atom stereocenters. The monoisotopic (exact) mass is 454 g/mol. The third-order valence-corrected chi connectivity index (χ3v) is 9.90. The van der Waals surface area contributed by atoms with E-state index in [0.29, 0.717) is 12.3 Å². The highest BCUT2D eigenvalue weighted by atomic mass is 35.5. The van der Waals surface area contributed by atoms with Crippen LogP contribution in [0.25, 0.3) is 0 Å². The number of carbonyl (C=O) groups is 2. The Bertz CT molecular complexity index is 828. The van der Waals surface area contributed by atoms with Crippen LogP contribution in [0.15, 0.2) is 23.8 Å². The largest absolute Gasteiger partial charge is 0.462 e. The number of rotatable bonds is 3. The number of halogens is 2. The predicted molar refractivity (Wildman–Crippen MR) is 118 cm³/mol. The third-order valence-electron chi connectivity index (χ3n) is 8.36. The minimum absolute atomic E-state index is 0.0209. The summed E-state index contributed by atoms with van der Waals surface area (Å²) in [5, 5.41) is 9.66. The van der Waals surface area contributed by atoms with Gasteiger partial charge < -0.3 is 9.84 Å². The second-order valence-electron chi connectivity index (χ2n) is 10.8. The molecule has 0 spiro atoms. The van der Waals surface area contributed by atoms with Crippen molar-refractivity contribution in [2.75, 3.05) is 0 Å². The molecule has 3 fully saturated rings. The average Bonchev–Trinajstić information content (AvgIpc) is 2.91. The normalized spacial score (nSPS) is 45.3. The Morgan fingerprint density at radius 1 is 1.27 bits per heavy atom. The van der Waals surface area contributed by atoms with Gasteiger partial charge in [-0.25, -0.2) is 0 Å². The molecule has 4 aliphatic rings. The third kappa shape index (κ3) is 3.20. The number of allylic oxidation sites excluding steroid dienone is 4. The number of hydrogen-bond acceptors (Lipinski definition) is 4. The van der Waals surface area contributed by atoms with Gasteiger partial charge >= 0.3 is 5.97 Å². The zero-order chi connectivity index (χ0) is 22.1. The molecule has 4 aliphatic carbocycles. The Balaban J connectivity index is 1.63. The van der Waals surface area contributed by atoms with E-state index >= 15 is 0 Å². The number of ketones is 1. The molecular formula is C24H32Cl2O4. The van der Waals surface area contributed by atoms with Gasteiger partial charge in [-0.3, -0.25) is 9.59 Å². The van der Waals surface area contributed by atoms with Gasteiger partial charge in [0.2, 0.25) is 0 Å². The molecule has 0 aromatic carbocycles. The molecule has 0 heterocycles. The molecule has 0 bridgehead atoms. The number of alkyl halides is 2. The summed E-state index contributed by atoms with van der Waals surface area (Å²) in [5.74, 6) is 0.137. The Hall–Kier alpha value is -0.840. The number of esters is 1. The fraction of sp³-hybridized carbons (Fsp3) is 0.750. The predicted octanol–water partition coefficient (Wildman–Crippen LogP) is 4.95. The second-order valence-corrected chi connectivity index (χ2v) is 12.0. The van der Waals surface area contributed by atoms with Crippen LogP contribution in [-0.4, -0.2) is 38.8 Å². The van der Waals surface area contributed by atoms with Crippen molar-refractivity contribution in [3.8, 4) is 0 Å². The molecule has 4 rings (SSSR count). The molecule has 6 heteroatoms. The summed E-state index contributed by atoms with van der Waals surface area (Å²) in [6, 6.07) is 0. The van der Waals surface area contributed by atoms with Crippen molar-refractivity contribution >= 4 is 35.0 Å². The zero-order valence-electron chi connectivity index (χ0n) is 18.2. The molecule has 0 aromatic rings. The standard InChI is InChI=1S/C24H32Cl2O4/c1-21(2,29)13-20(28)30-19-8-7-16-17-6-5-14-11-15(27)9-10-23(14,4)24(17,26)18(25)12-22(16,19)3/h9-11,16-19,29H,5-8,12-13H2,1-4H3/t16-,17-,18-,19+,22-,23-,24-/m0/s1. The van der Waals surface area contributed by atoms with Crippen LogP contribution in [-0.2, 0) is 14.3 Å². The van der Waals surface area contributed by atoms with Crippen molar-refractivity contribution in [2.24, 2.45) is 22.7 Å². The van der Waals surface area contributed by atoms with Gasteiger partial charge in [-0.1, -0.05) is 25.5 Å². The molecule has 0 aromatic heterocycles. The molecule has 7 atom stereocenters. The molecule has 0 radical (unpaired) electrons. The van der Waals surface area contributed by atoms with Gasteiger partial charge in [0.05, 0.1) is 22.3 Å². The average molecular weight is 455 g/mol. The van der Waals surface area contributed by atoms with E-state index in [1.165, 1.54) is 0 Å². The van der Waals surface area contributed by atoms with E-state index in [1.54, 1.807) is 26.0 Å². The van der Waals surface area contributed by atoms with Gasteiger partial charge in [-0.2, -0.15) is 0 Å². The molecule has 1 N–H and O–H groups in total. The van der Waals surface area contributed by atoms with Gasteiger partial charge in [0.1, 0.15) is 6.10 Å². The number of aliphatic hydroxyl groups is 1. The quantitative estimate of drug-likeness (QED) is 0.484. The van der Waals surface area contributed by atoms with Crippen LogP contribution in [0, 0.1) is 22.7 Å². The number of ether oxygens (including phenoxy) is 1. The number of carbonyl (C=O) groups excluding carboxylic acids is 2. The SMILES string of the molecule is CC(C)(O)CC(=O)O[C@@H]1CC[C@H]2[C@@H]3CCC4=CC(=O)C=C[C@]4(C)[C@@]3(Cl)[C@@H](Cl)C[C@]12C. The van der Waals surface area contributed by atoms with Crippen molar-refractivity contribution in [3.05, 3.63) is 23.8 Å². The van der Waals surface area contributed by atoms with E-state index < -0.39 is 15.9 Å². The van der Waals surface area contributed by atoms with E-state index in [2.05, 4.69) is 13.8 Å². The first-order valence-electron chi connectivity index (χ1n) is 11.0. The molecular weight excluding hydrogens is 423 g/mol. The molecule has 0 saturated heterocycles.